The van der Waals surface area contributed by atoms with E-state index in [1.54, 1.807) is 56.4 Å². The molecule has 0 radical (unpaired) electrons. The number of pyridine rings is 1. The summed E-state index contributed by atoms with van der Waals surface area (Å²) in [6.45, 7) is 1.80. The third kappa shape index (κ3) is 3.03. The number of benzene rings is 1. The van der Waals surface area contributed by atoms with Crippen LogP contribution in [0.25, 0.3) is 0 Å². The lowest BCUT2D eigenvalue weighted by Gasteiger charge is -2.11. The van der Waals surface area contributed by atoms with E-state index in [1.165, 1.54) is 0 Å². The minimum atomic E-state index is -3.65. The number of anilines is 2. The summed E-state index contributed by atoms with van der Waals surface area (Å²) in [6, 6.07) is 11.9. The summed E-state index contributed by atoms with van der Waals surface area (Å²) in [6.07, 6.45) is 0. The first-order valence-corrected chi connectivity index (χ1v) is 7.24. The monoisotopic (exact) mass is 277 g/mol. The van der Waals surface area contributed by atoms with Crippen molar-refractivity contribution in [1.82, 2.24) is 4.98 Å². The van der Waals surface area contributed by atoms with Crippen LogP contribution >= 0.6 is 0 Å². The first-order valence-electron chi connectivity index (χ1n) is 5.76. The van der Waals surface area contributed by atoms with Gasteiger partial charge in [0.1, 0.15) is 10.7 Å². The quantitative estimate of drug-likeness (QED) is 0.899. The molecule has 1 aromatic carbocycles. The van der Waals surface area contributed by atoms with Gasteiger partial charge in [0.2, 0.25) is 0 Å². The minimum absolute atomic E-state index is 0.195. The summed E-state index contributed by atoms with van der Waals surface area (Å²) in [4.78, 5) is 4.32. The first kappa shape index (κ1) is 13.4. The van der Waals surface area contributed by atoms with Crippen LogP contribution in [0.2, 0.25) is 0 Å². The van der Waals surface area contributed by atoms with E-state index in [0.717, 1.165) is 5.69 Å². The zero-order valence-corrected chi connectivity index (χ0v) is 11.5. The maximum absolute atomic E-state index is 12.3. The molecule has 0 spiro atoms. The van der Waals surface area contributed by atoms with E-state index in [4.69, 9.17) is 0 Å². The average molecular weight is 277 g/mol. The van der Waals surface area contributed by atoms with E-state index in [-0.39, 0.29) is 4.90 Å². The normalized spacial score (nSPS) is 11.1. The van der Waals surface area contributed by atoms with E-state index >= 15 is 0 Å². The zero-order chi connectivity index (χ0) is 13.9. The molecule has 1 aromatic heterocycles. The second kappa shape index (κ2) is 5.27. The van der Waals surface area contributed by atoms with Crippen LogP contribution in [0.15, 0.2) is 47.4 Å². The van der Waals surface area contributed by atoms with Crippen molar-refractivity contribution in [3.63, 3.8) is 0 Å². The highest BCUT2D eigenvalue weighted by Crippen LogP contribution is 2.22. The molecule has 100 valence electrons. The number of nitrogens with one attached hydrogen (secondary N) is 2. The molecule has 0 bridgehead atoms. The predicted octanol–water partition coefficient (Wildman–Crippen LogP) is 2.23. The van der Waals surface area contributed by atoms with Crippen LogP contribution in [0.5, 0.6) is 0 Å². The van der Waals surface area contributed by atoms with Gasteiger partial charge < -0.3 is 5.32 Å². The Bertz CT molecular complexity index is 684. The summed E-state index contributed by atoms with van der Waals surface area (Å²) in [5.41, 5.74) is 1.30. The smallest absolute Gasteiger partial charge is 0.265 e. The van der Waals surface area contributed by atoms with Crippen LogP contribution < -0.4 is 10.0 Å². The van der Waals surface area contributed by atoms with Gasteiger partial charge in [-0.2, -0.15) is 0 Å². The molecular weight excluding hydrogens is 262 g/mol. The van der Waals surface area contributed by atoms with Crippen molar-refractivity contribution >= 4 is 21.5 Å². The number of aromatic nitrogens is 1. The molecule has 0 saturated carbocycles. The fraction of sp³-hybridized carbons (Fsp3) is 0.154. The Balaban J connectivity index is 2.38. The van der Waals surface area contributed by atoms with Gasteiger partial charge in [0.25, 0.3) is 10.0 Å². The maximum atomic E-state index is 12.3. The van der Waals surface area contributed by atoms with Gasteiger partial charge >= 0.3 is 0 Å². The zero-order valence-electron chi connectivity index (χ0n) is 10.7. The number of nitrogens with zero attached hydrogens (tertiary/aromatic N) is 1. The van der Waals surface area contributed by atoms with Gasteiger partial charge in [-0.05, 0) is 31.2 Å². The van der Waals surface area contributed by atoms with Crippen molar-refractivity contribution in [3.8, 4) is 0 Å². The molecule has 2 N–H and O–H groups in total. The van der Waals surface area contributed by atoms with E-state index in [0.29, 0.717) is 11.5 Å². The third-order valence-electron chi connectivity index (χ3n) is 2.57. The highest BCUT2D eigenvalue weighted by atomic mass is 32.2. The van der Waals surface area contributed by atoms with Crippen LogP contribution in [0.4, 0.5) is 11.5 Å². The lowest BCUT2D eigenvalue weighted by atomic mass is 10.3. The molecule has 0 aliphatic rings. The molecule has 6 heteroatoms. The summed E-state index contributed by atoms with van der Waals surface area (Å²) >= 11 is 0. The first-order chi connectivity index (χ1) is 9.03. The third-order valence-corrected chi connectivity index (χ3v) is 3.99. The van der Waals surface area contributed by atoms with Gasteiger partial charge in [-0.25, -0.2) is 13.4 Å². The van der Waals surface area contributed by atoms with E-state index in [9.17, 15) is 8.42 Å². The lowest BCUT2D eigenvalue weighted by Crippen LogP contribution is -2.15. The van der Waals surface area contributed by atoms with E-state index < -0.39 is 10.0 Å². The molecule has 0 aliphatic heterocycles. The Morgan fingerprint density at radius 1 is 1.05 bits per heavy atom. The van der Waals surface area contributed by atoms with Gasteiger partial charge in [-0.3, -0.25) is 4.72 Å². The molecule has 0 saturated heterocycles. The molecule has 19 heavy (non-hydrogen) atoms. The van der Waals surface area contributed by atoms with Crippen molar-refractivity contribution in [2.24, 2.45) is 0 Å². The number of sulfonamides is 1. The number of para-hydroxylation sites is 1. The Hall–Kier alpha value is -2.08. The highest BCUT2D eigenvalue weighted by Gasteiger charge is 2.18. The molecule has 2 aromatic rings. The maximum Gasteiger partial charge on any atom is 0.265 e. The van der Waals surface area contributed by atoms with E-state index in [1.807, 2.05) is 0 Å². The van der Waals surface area contributed by atoms with Crippen LogP contribution in [0.1, 0.15) is 5.69 Å². The average Bonchev–Trinajstić information content (AvgIpc) is 2.38. The van der Waals surface area contributed by atoms with Gasteiger partial charge in [-0.15, -0.1) is 0 Å². The fourth-order valence-electron chi connectivity index (χ4n) is 1.70. The summed E-state index contributed by atoms with van der Waals surface area (Å²) < 4.78 is 27.1. The topological polar surface area (TPSA) is 71.1 Å². The Morgan fingerprint density at radius 3 is 2.47 bits per heavy atom. The largest absolute Gasteiger partial charge is 0.387 e. The molecule has 0 fully saturated rings. The SMILES string of the molecule is CNc1ccccc1S(=O)(=O)Nc1cccc(C)n1. The van der Waals surface area contributed by atoms with Gasteiger partial charge in [0.05, 0.1) is 5.69 Å². The molecule has 0 amide bonds. The number of hydrogen-bond acceptors (Lipinski definition) is 4. The van der Waals surface area contributed by atoms with Crippen molar-refractivity contribution < 1.29 is 8.42 Å². The van der Waals surface area contributed by atoms with Gasteiger partial charge in [0, 0.05) is 12.7 Å². The second-order valence-electron chi connectivity index (χ2n) is 4.02. The molecular formula is C13H15N3O2S. The molecule has 0 atom stereocenters. The van der Waals surface area contributed by atoms with Crippen molar-refractivity contribution in [2.75, 3.05) is 17.1 Å². The molecule has 0 aliphatic carbocycles. The van der Waals surface area contributed by atoms with Crippen LogP contribution in [0.3, 0.4) is 0 Å². The summed E-state index contributed by atoms with van der Waals surface area (Å²) in [7, 11) is -1.97. The van der Waals surface area contributed by atoms with Crippen LogP contribution in [0, 0.1) is 6.92 Å². The standard InChI is InChI=1S/C13H15N3O2S/c1-10-6-5-9-13(15-10)16-19(17,18)12-8-4-3-7-11(12)14-2/h3-9,14H,1-2H3,(H,15,16). The molecule has 0 unspecified atom stereocenters. The van der Waals surface area contributed by atoms with Crippen molar-refractivity contribution in [3.05, 3.63) is 48.2 Å². The van der Waals surface area contributed by atoms with E-state index in [2.05, 4.69) is 15.0 Å². The number of aryl methyl sites for hydroxylation is 1. The Morgan fingerprint density at radius 2 is 1.79 bits per heavy atom. The van der Waals surface area contributed by atoms with Crippen LogP contribution in [-0.4, -0.2) is 20.4 Å². The minimum Gasteiger partial charge on any atom is -0.387 e. The Kier molecular flexibility index (Phi) is 3.71. The van der Waals surface area contributed by atoms with Gasteiger partial charge in [-0.1, -0.05) is 18.2 Å². The highest BCUT2D eigenvalue weighted by molar-refractivity contribution is 7.92. The summed E-state index contributed by atoms with van der Waals surface area (Å²) in [5, 5.41) is 2.86. The predicted molar refractivity (Wildman–Crippen MR) is 75.8 cm³/mol. The summed E-state index contributed by atoms with van der Waals surface area (Å²) in [5.74, 6) is 0.311. The Labute approximate surface area is 112 Å². The van der Waals surface area contributed by atoms with Gasteiger partial charge in [0.15, 0.2) is 0 Å². The number of rotatable bonds is 4. The molecule has 2 rings (SSSR count). The van der Waals surface area contributed by atoms with Crippen LogP contribution in [-0.2, 0) is 10.0 Å². The molecule has 1 heterocycles. The number of hydrogen-bond donors (Lipinski definition) is 2. The van der Waals surface area contributed by atoms with Crippen molar-refractivity contribution in [2.45, 2.75) is 11.8 Å². The van der Waals surface area contributed by atoms with Crippen molar-refractivity contribution in [1.29, 1.82) is 0 Å². The molecule has 5 nitrogen and oxygen atoms in total. The lowest BCUT2D eigenvalue weighted by molar-refractivity contribution is 0.601. The second-order valence-corrected chi connectivity index (χ2v) is 5.67. The fourth-order valence-corrected chi connectivity index (χ4v) is 2.92.